The molecule has 0 bridgehead atoms. The first kappa shape index (κ1) is 22.7. The van der Waals surface area contributed by atoms with Gasteiger partial charge in [0.25, 0.3) is 0 Å². The molecule has 1 heterocycles. The van der Waals surface area contributed by atoms with Crippen LogP contribution in [0.5, 0.6) is 0 Å². The van der Waals surface area contributed by atoms with Crippen LogP contribution < -0.4 is 0 Å². The molecule has 1 nitrogen and oxygen atoms in total. The van der Waals surface area contributed by atoms with E-state index in [0.29, 0.717) is 0 Å². The van der Waals surface area contributed by atoms with Crippen LogP contribution in [0, 0.1) is 0 Å². The molecule has 28 aromatic rings. The third-order valence-electron chi connectivity index (χ3n) is 24.7. The van der Waals surface area contributed by atoms with Crippen molar-refractivity contribution in [3.63, 3.8) is 0 Å². The predicted octanol–water partition coefficient (Wildman–Crippen LogP) is 16.2. The van der Waals surface area contributed by atoms with Crippen LogP contribution in [0.25, 0.3) is 291 Å². The lowest BCUT2D eigenvalue weighted by atomic mass is 9.52. The lowest BCUT2D eigenvalue weighted by molar-refractivity contribution is 0.392. The number of hydrogen-bond acceptors (Lipinski definition) is 1. The maximum atomic E-state index is 2.86. The highest BCUT2D eigenvalue weighted by Crippen LogP contribution is 2.85. The van der Waals surface area contributed by atoms with Gasteiger partial charge in [-0.3, -0.25) is 0 Å². The van der Waals surface area contributed by atoms with Crippen LogP contribution in [0.4, 0.5) is 0 Å². The Morgan fingerprint density at radius 3 is 0.469 bits per heavy atom. The van der Waals surface area contributed by atoms with Crippen molar-refractivity contribution in [3.05, 3.63) is 22.3 Å². The second-order valence-electron chi connectivity index (χ2n) is 24.7. The lowest BCUT2D eigenvalue weighted by Crippen LogP contribution is -2.49. The van der Waals surface area contributed by atoms with E-state index < -0.39 is 0 Å². The normalized spacial score (nSPS) is 24.0. The van der Waals surface area contributed by atoms with Gasteiger partial charge < -0.3 is 4.90 Å². The summed E-state index contributed by atoms with van der Waals surface area (Å²) in [7, 11) is 2.53. The molecule has 1 saturated heterocycles. The number of benzene rings is 17. The van der Waals surface area contributed by atoms with Crippen LogP contribution in [0.3, 0.4) is 0 Å². The van der Waals surface area contributed by atoms with Crippen molar-refractivity contribution >= 4 is 291 Å². The Bertz CT molecular complexity index is 6710. The highest BCUT2D eigenvalue weighted by atomic mass is 15.2. The molecule has 64 heavy (non-hydrogen) atoms. The molecule has 0 amide bonds. The second kappa shape index (κ2) is 4.88. The molecule has 1 heteroatoms. The van der Waals surface area contributed by atoms with Gasteiger partial charge in [0.05, 0.1) is 10.8 Å². The quantitative estimate of drug-likeness (QED) is 0.139. The van der Waals surface area contributed by atoms with Crippen LogP contribution >= 0.6 is 0 Å². The molecule has 1 aliphatic heterocycles. The largest absolute Gasteiger partial charge is 0.304 e. The van der Waals surface area contributed by atoms with Crippen LogP contribution in [0.1, 0.15) is 22.3 Å². The summed E-state index contributed by atoms with van der Waals surface area (Å²) in [5.74, 6) is 0. The molecule has 1 fully saturated rings. The van der Waals surface area contributed by atoms with Crippen LogP contribution in [-0.4, -0.2) is 25.0 Å². The van der Waals surface area contributed by atoms with E-state index >= 15 is 0 Å². The predicted molar refractivity (Wildman–Crippen MR) is 271 cm³/mol. The van der Waals surface area contributed by atoms with Gasteiger partial charge in [0.2, 0.25) is 0 Å². The molecule has 2 unspecified atom stereocenters. The molecule has 4 aliphatic carbocycles. The third-order valence-corrected chi connectivity index (χ3v) is 24.7. The molecule has 0 saturated carbocycles. The van der Waals surface area contributed by atoms with E-state index in [9.17, 15) is 0 Å². The number of nitrogens with zero attached hydrogens (tertiary/aromatic N) is 1. The fourth-order valence-electron chi connectivity index (χ4n) is 25.0. The smallest absolute Gasteiger partial charge is 0.0505 e. The van der Waals surface area contributed by atoms with Crippen LogP contribution in [-0.2, 0) is 10.8 Å². The Labute approximate surface area is 347 Å². The van der Waals surface area contributed by atoms with Crippen molar-refractivity contribution in [1.29, 1.82) is 0 Å². The van der Waals surface area contributed by atoms with E-state index in [4.69, 9.17) is 0 Å². The Morgan fingerprint density at radius 1 is 0.172 bits per heavy atom. The van der Waals surface area contributed by atoms with Gasteiger partial charge in [0.1, 0.15) is 0 Å². The van der Waals surface area contributed by atoms with E-state index in [-0.39, 0.29) is 10.8 Å². The monoisotopic (exact) mass is 777 g/mol. The van der Waals surface area contributed by atoms with Crippen molar-refractivity contribution < 1.29 is 0 Å². The fourth-order valence-corrected chi connectivity index (χ4v) is 25.0. The van der Waals surface area contributed by atoms with E-state index in [1.54, 1.807) is 291 Å². The highest BCUT2D eigenvalue weighted by Gasteiger charge is 2.72. The second-order valence-corrected chi connectivity index (χ2v) is 24.7. The van der Waals surface area contributed by atoms with Crippen molar-refractivity contribution in [3.8, 4) is 0 Å². The van der Waals surface area contributed by atoms with Gasteiger partial charge in [-0.15, -0.1) is 0 Å². The van der Waals surface area contributed by atoms with Gasteiger partial charge in [-0.05, 0) is 320 Å². The summed E-state index contributed by atoms with van der Waals surface area (Å²) >= 11 is 0. The van der Waals surface area contributed by atoms with Crippen molar-refractivity contribution in [2.45, 2.75) is 10.8 Å². The standard InChI is InChI=1S/C63H7N/c1-64-2-62-58-51-44-32-24-15-6-4-5-7-10(6)19-26(24)34-35-27(19)25-16(7)18-14-9(5)12-11-8(4)13-17(15)30(32)38-36-22(13)20(11)28-29-21(12)23(14)37-39-31(18)33(25)45-47(35)56(55(58)46(34)44)59-52(45)50(39)54-43(37)41(29)48-40(28)42(36)53(49(38)51)60(62)57(48)61(54)63(59,62)3-64/h2-3H2,1H3. The first-order valence-corrected chi connectivity index (χ1v) is 24.3. The van der Waals surface area contributed by atoms with Crippen LogP contribution in [0.2, 0.25) is 0 Å². The van der Waals surface area contributed by atoms with E-state index in [1.165, 1.54) is 0 Å². The molecule has 0 radical (unpaired) electrons. The number of hydrogen-bond donors (Lipinski definition) is 0. The summed E-state index contributed by atoms with van der Waals surface area (Å²) < 4.78 is 0. The number of rotatable bonds is 0. The molecule has 2 spiro atoms. The summed E-state index contributed by atoms with van der Waals surface area (Å²) in [5.41, 5.74) is 7.04. The summed E-state index contributed by atoms with van der Waals surface area (Å²) in [5, 5.41) is 91.5. The molecule has 264 valence electrons. The summed E-state index contributed by atoms with van der Waals surface area (Å²) in [6.07, 6.45) is 0. The molecule has 0 N–H and O–H groups in total. The van der Waals surface area contributed by atoms with Crippen molar-refractivity contribution in [2.24, 2.45) is 0 Å². The summed E-state index contributed by atoms with van der Waals surface area (Å²) in [4.78, 5) is 2.86. The molecular weight excluding hydrogens is 771 g/mol. The lowest BCUT2D eigenvalue weighted by Gasteiger charge is -2.48. The Morgan fingerprint density at radius 2 is 0.281 bits per heavy atom. The Balaban J connectivity index is 1.29. The minimum absolute atomic E-state index is 0.104. The van der Waals surface area contributed by atoms with Gasteiger partial charge in [-0.25, -0.2) is 0 Å². The first-order valence-electron chi connectivity index (χ1n) is 24.3. The summed E-state index contributed by atoms with van der Waals surface area (Å²) in [6.45, 7) is 2.26. The van der Waals surface area contributed by atoms with Gasteiger partial charge in [0.15, 0.2) is 0 Å². The zero-order valence-corrected chi connectivity index (χ0v) is 32.9. The van der Waals surface area contributed by atoms with E-state index in [2.05, 4.69) is 11.9 Å². The van der Waals surface area contributed by atoms with Crippen molar-refractivity contribution in [2.75, 3.05) is 20.1 Å². The summed E-state index contributed by atoms with van der Waals surface area (Å²) in [6, 6.07) is 0. The molecule has 33 rings (SSSR count). The Kier molecular flexibility index (Phi) is 1.73. The molecule has 0 aromatic heterocycles. The fraction of sp³-hybridized carbons (Fsp3) is 0.0794. The van der Waals surface area contributed by atoms with Gasteiger partial charge >= 0.3 is 0 Å². The maximum absolute atomic E-state index is 2.86. The molecule has 5 aliphatic rings. The van der Waals surface area contributed by atoms with Crippen LogP contribution in [0.15, 0.2) is 0 Å². The number of likely N-dealkylation sites (tertiary alicyclic amines) is 1. The number of likely N-dealkylation sites (N-methyl/N-ethyl adjacent to an activating group) is 1. The van der Waals surface area contributed by atoms with E-state index in [1.807, 2.05) is 22.3 Å². The minimum Gasteiger partial charge on any atom is -0.304 e. The zero-order chi connectivity index (χ0) is 37.5. The average molecular weight is 778 g/mol. The average Bonchev–Trinajstić information content (AvgIpc) is 4.13. The molecular formula is C63H7N. The molecule has 28 aromatic carbocycles. The van der Waals surface area contributed by atoms with Gasteiger partial charge in [-0.1, -0.05) is 0 Å². The Hall–Kier alpha value is -7.58. The minimum atomic E-state index is -0.104. The first-order chi connectivity index (χ1) is 31.8. The zero-order valence-electron chi connectivity index (χ0n) is 32.9. The molecule has 2 atom stereocenters. The maximum Gasteiger partial charge on any atom is 0.0505 e. The highest BCUT2D eigenvalue weighted by molar-refractivity contribution is 6.82. The SMILES string of the molecule is CN1CC23c4c5c6c7c8c9c(c%10c%11c2c2c%12c4c4c%13c5c5c7c7c8c8c%14c9c%10c9c%10c%11c2c2c%11c%12c4c4c%12c%13c5c5c7c7c8c8c%14c9c9c%10c2c2c%11c4c4c%12c5c7c5c8c9c2c45)C63C1. The third kappa shape index (κ3) is 1.10. The van der Waals surface area contributed by atoms with E-state index in [0.717, 1.165) is 13.1 Å². The topological polar surface area (TPSA) is 3.24 Å². The van der Waals surface area contributed by atoms with Gasteiger partial charge in [0, 0.05) is 13.1 Å². The van der Waals surface area contributed by atoms with Crippen molar-refractivity contribution in [1.82, 2.24) is 4.90 Å². The van der Waals surface area contributed by atoms with Gasteiger partial charge in [-0.2, -0.15) is 0 Å².